The zero-order valence-electron chi connectivity index (χ0n) is 7.56. The maximum absolute atomic E-state index is 10.7. The first-order valence-corrected chi connectivity index (χ1v) is 5.38. The van der Waals surface area contributed by atoms with Crippen LogP contribution in [0.15, 0.2) is 11.4 Å². The Balaban J connectivity index is 2.24. The van der Waals surface area contributed by atoms with E-state index in [9.17, 15) is 9.90 Å². The molecule has 14 heavy (non-hydrogen) atoms. The van der Waals surface area contributed by atoms with Crippen LogP contribution in [0.3, 0.4) is 0 Å². The third-order valence-electron chi connectivity index (χ3n) is 2.45. The molecule has 1 heterocycles. The fraction of sp³-hybridized carbons (Fsp3) is 0.444. The molecule has 5 heteroatoms. The summed E-state index contributed by atoms with van der Waals surface area (Å²) in [4.78, 5) is 11.7. The Morgan fingerprint density at radius 2 is 2.43 bits per heavy atom. The van der Waals surface area contributed by atoms with E-state index in [4.69, 9.17) is 5.73 Å². The molecule has 0 saturated carbocycles. The number of aliphatic hydroxyl groups excluding tert-OH is 1. The first kappa shape index (κ1) is 9.48. The number of amides is 2. The minimum Gasteiger partial charge on any atom is -0.388 e. The van der Waals surface area contributed by atoms with Gasteiger partial charge in [-0.05, 0) is 29.9 Å². The molecule has 4 N–H and O–H groups in total. The fourth-order valence-corrected chi connectivity index (χ4v) is 2.80. The number of nitrogens with two attached hydrogens (primary N) is 1. The molecule has 0 aromatic carbocycles. The van der Waals surface area contributed by atoms with Gasteiger partial charge in [-0.1, -0.05) is 0 Å². The summed E-state index contributed by atoms with van der Waals surface area (Å²) < 4.78 is 0. The highest BCUT2D eigenvalue weighted by Crippen LogP contribution is 2.39. The molecular formula is C9H12N2O2S. The number of rotatable bonds is 1. The first-order chi connectivity index (χ1) is 6.68. The Labute approximate surface area is 85.7 Å². The Morgan fingerprint density at radius 3 is 3.14 bits per heavy atom. The summed E-state index contributed by atoms with van der Waals surface area (Å²) in [5.74, 6) is 0. The number of carbonyl (C=O) groups excluding carboxylic acids is 1. The standard InChI is InChI=1S/C9H12N2O2S/c10-9(13)11-6-1-2-7(12)8-5(6)3-4-14-8/h3-4,6-7,12H,1-2H2,(H3,10,11,13)/t6-,7-/m1/s1. The highest BCUT2D eigenvalue weighted by atomic mass is 32.1. The van der Waals surface area contributed by atoms with Crippen LogP contribution < -0.4 is 11.1 Å². The van der Waals surface area contributed by atoms with E-state index in [0.29, 0.717) is 6.42 Å². The predicted molar refractivity (Wildman–Crippen MR) is 54.0 cm³/mol. The third kappa shape index (κ3) is 1.60. The van der Waals surface area contributed by atoms with Crippen molar-refractivity contribution in [3.05, 3.63) is 21.9 Å². The fourth-order valence-electron chi connectivity index (χ4n) is 1.82. The van der Waals surface area contributed by atoms with Crippen LogP contribution in [-0.4, -0.2) is 11.1 Å². The molecule has 0 radical (unpaired) electrons. The predicted octanol–water partition coefficient (Wildman–Crippen LogP) is 1.28. The first-order valence-electron chi connectivity index (χ1n) is 4.50. The van der Waals surface area contributed by atoms with Crippen LogP contribution in [0.2, 0.25) is 0 Å². The van der Waals surface area contributed by atoms with Crippen molar-refractivity contribution in [2.75, 3.05) is 0 Å². The minimum atomic E-state index is -0.511. The van der Waals surface area contributed by atoms with Gasteiger partial charge in [0.15, 0.2) is 0 Å². The van der Waals surface area contributed by atoms with Crippen molar-refractivity contribution >= 4 is 17.4 Å². The lowest BCUT2D eigenvalue weighted by Gasteiger charge is -2.26. The number of thiophene rings is 1. The highest BCUT2D eigenvalue weighted by molar-refractivity contribution is 7.10. The normalized spacial score (nSPS) is 25.5. The number of fused-ring (bicyclic) bond motifs is 1. The molecule has 0 aliphatic heterocycles. The zero-order valence-corrected chi connectivity index (χ0v) is 8.38. The Bertz CT molecular complexity index is 350. The van der Waals surface area contributed by atoms with Crippen molar-refractivity contribution in [1.82, 2.24) is 5.32 Å². The molecule has 1 aromatic heterocycles. The van der Waals surface area contributed by atoms with Crippen LogP contribution in [0.25, 0.3) is 0 Å². The molecule has 2 atom stereocenters. The van der Waals surface area contributed by atoms with Gasteiger partial charge >= 0.3 is 6.03 Å². The zero-order chi connectivity index (χ0) is 10.1. The van der Waals surface area contributed by atoms with Crippen LogP contribution in [0.5, 0.6) is 0 Å². The second-order valence-electron chi connectivity index (χ2n) is 3.39. The van der Waals surface area contributed by atoms with Gasteiger partial charge < -0.3 is 16.2 Å². The number of hydrogen-bond donors (Lipinski definition) is 3. The SMILES string of the molecule is NC(=O)N[C@@H]1CC[C@@H](O)c2sccc21. The van der Waals surface area contributed by atoms with E-state index >= 15 is 0 Å². The molecule has 0 spiro atoms. The molecule has 76 valence electrons. The molecule has 4 nitrogen and oxygen atoms in total. The lowest BCUT2D eigenvalue weighted by Crippen LogP contribution is -2.35. The Morgan fingerprint density at radius 1 is 1.64 bits per heavy atom. The quantitative estimate of drug-likeness (QED) is 0.656. The van der Waals surface area contributed by atoms with Crippen LogP contribution in [0, 0.1) is 0 Å². The van der Waals surface area contributed by atoms with Crippen molar-refractivity contribution in [3.8, 4) is 0 Å². The second kappa shape index (κ2) is 3.59. The van der Waals surface area contributed by atoms with Crippen molar-refractivity contribution in [2.24, 2.45) is 5.73 Å². The number of hydrogen-bond acceptors (Lipinski definition) is 3. The van der Waals surface area contributed by atoms with Crippen LogP contribution >= 0.6 is 11.3 Å². The molecule has 1 aliphatic carbocycles. The van der Waals surface area contributed by atoms with Gasteiger partial charge in [0.2, 0.25) is 0 Å². The van der Waals surface area contributed by atoms with Crippen LogP contribution in [-0.2, 0) is 0 Å². The molecule has 0 bridgehead atoms. The summed E-state index contributed by atoms with van der Waals surface area (Å²) in [7, 11) is 0. The molecule has 2 amide bonds. The third-order valence-corrected chi connectivity index (χ3v) is 3.48. The molecule has 0 saturated heterocycles. The van der Waals surface area contributed by atoms with Crippen molar-refractivity contribution in [2.45, 2.75) is 25.0 Å². The van der Waals surface area contributed by atoms with Crippen molar-refractivity contribution in [1.29, 1.82) is 0 Å². The largest absolute Gasteiger partial charge is 0.388 e. The van der Waals surface area contributed by atoms with Gasteiger partial charge in [0.05, 0.1) is 12.1 Å². The minimum absolute atomic E-state index is 0.0304. The van der Waals surface area contributed by atoms with Gasteiger partial charge in [-0.3, -0.25) is 0 Å². The molecule has 2 rings (SSSR count). The van der Waals surface area contributed by atoms with Crippen molar-refractivity contribution < 1.29 is 9.90 Å². The van der Waals surface area contributed by atoms with E-state index in [1.165, 1.54) is 11.3 Å². The van der Waals surface area contributed by atoms with Gasteiger partial charge in [-0.2, -0.15) is 0 Å². The summed E-state index contributed by atoms with van der Waals surface area (Å²) in [6, 6.07) is 1.39. The molecule has 0 fully saturated rings. The van der Waals surface area contributed by atoms with Crippen molar-refractivity contribution in [3.63, 3.8) is 0 Å². The lowest BCUT2D eigenvalue weighted by molar-refractivity contribution is 0.151. The molecular weight excluding hydrogens is 200 g/mol. The van der Waals surface area contributed by atoms with Crippen LogP contribution in [0.4, 0.5) is 4.79 Å². The Kier molecular flexibility index (Phi) is 2.43. The number of urea groups is 1. The topological polar surface area (TPSA) is 75.4 Å². The molecule has 1 aliphatic rings. The number of aliphatic hydroxyl groups is 1. The van der Waals surface area contributed by atoms with Gasteiger partial charge in [-0.15, -0.1) is 11.3 Å². The molecule has 1 aromatic rings. The summed E-state index contributed by atoms with van der Waals surface area (Å²) in [6.45, 7) is 0. The van der Waals surface area contributed by atoms with E-state index in [0.717, 1.165) is 16.9 Å². The number of primary amides is 1. The van der Waals surface area contributed by atoms with E-state index in [1.807, 2.05) is 11.4 Å². The monoisotopic (exact) mass is 212 g/mol. The Hall–Kier alpha value is -1.07. The summed E-state index contributed by atoms with van der Waals surface area (Å²) in [5.41, 5.74) is 6.08. The highest BCUT2D eigenvalue weighted by Gasteiger charge is 2.27. The maximum atomic E-state index is 10.7. The van der Waals surface area contributed by atoms with E-state index in [2.05, 4.69) is 5.32 Å². The van der Waals surface area contributed by atoms with Gasteiger partial charge in [-0.25, -0.2) is 4.79 Å². The van der Waals surface area contributed by atoms with Gasteiger partial charge in [0.1, 0.15) is 0 Å². The second-order valence-corrected chi connectivity index (χ2v) is 4.34. The maximum Gasteiger partial charge on any atom is 0.312 e. The van der Waals surface area contributed by atoms with Gasteiger partial charge in [0.25, 0.3) is 0 Å². The average Bonchev–Trinajstić information content (AvgIpc) is 2.58. The summed E-state index contributed by atoms with van der Waals surface area (Å²) in [6.07, 6.45) is 1.04. The van der Waals surface area contributed by atoms with Crippen LogP contribution in [0.1, 0.15) is 35.4 Å². The van der Waals surface area contributed by atoms with E-state index in [1.54, 1.807) is 0 Å². The lowest BCUT2D eigenvalue weighted by atomic mass is 9.92. The van der Waals surface area contributed by atoms with E-state index < -0.39 is 6.03 Å². The van der Waals surface area contributed by atoms with Gasteiger partial charge in [0, 0.05) is 4.88 Å². The van der Waals surface area contributed by atoms with E-state index in [-0.39, 0.29) is 12.1 Å². The summed E-state index contributed by atoms with van der Waals surface area (Å²) >= 11 is 1.52. The summed E-state index contributed by atoms with van der Waals surface area (Å²) in [5, 5.41) is 14.3. The smallest absolute Gasteiger partial charge is 0.312 e. The number of nitrogens with one attached hydrogen (secondary N) is 1. The average molecular weight is 212 g/mol. The molecule has 0 unspecified atom stereocenters. The number of carbonyl (C=O) groups is 1.